The van der Waals surface area contributed by atoms with Gasteiger partial charge in [0, 0.05) is 12.1 Å². The molecule has 3 N–H and O–H groups in total. The van der Waals surface area contributed by atoms with E-state index in [-0.39, 0.29) is 11.3 Å². The van der Waals surface area contributed by atoms with Crippen LogP contribution in [-0.2, 0) is 4.43 Å². The molecule has 0 aromatic carbocycles. The number of carbonyl (C=O) groups is 1. The molecule has 18 heavy (non-hydrogen) atoms. The minimum Gasteiger partial charge on any atom is -0.359 e. The highest BCUT2D eigenvalue weighted by atomic mass is 127. The number of amides is 1. The number of aromatic nitrogens is 1. The molecule has 0 radical (unpaired) electrons. The molecule has 0 aliphatic rings. The summed E-state index contributed by atoms with van der Waals surface area (Å²) in [7, 11) is 0. The smallest absolute Gasteiger partial charge is 0.273 e. The van der Waals surface area contributed by atoms with Crippen LogP contribution in [0, 0.1) is 12.3 Å². The van der Waals surface area contributed by atoms with Crippen LogP contribution >= 0.6 is 22.6 Å². The van der Waals surface area contributed by atoms with E-state index in [1.54, 1.807) is 0 Å². The third-order valence-electron chi connectivity index (χ3n) is 3.38. The summed E-state index contributed by atoms with van der Waals surface area (Å²) in [4.78, 5) is 12.0. The van der Waals surface area contributed by atoms with Crippen molar-refractivity contribution in [2.45, 2.75) is 31.6 Å². The molecule has 0 saturated carbocycles. The molecule has 1 aromatic heterocycles. The molecule has 0 spiro atoms. The second-order valence-electron chi connectivity index (χ2n) is 4.76. The lowest BCUT2D eigenvalue weighted by molar-refractivity contribution is 0.0924. The Morgan fingerprint density at radius 3 is 2.72 bits per heavy atom. The van der Waals surface area contributed by atoms with Gasteiger partial charge in [0.05, 0.1) is 4.43 Å². The van der Waals surface area contributed by atoms with Gasteiger partial charge in [0.15, 0.2) is 5.69 Å². The van der Waals surface area contributed by atoms with Crippen molar-refractivity contribution in [3.8, 4) is 0 Å². The number of rotatable bonds is 6. The number of nitrogens with two attached hydrogens (primary N) is 1. The predicted octanol–water partition coefficient (Wildman–Crippen LogP) is 2.02. The van der Waals surface area contributed by atoms with E-state index in [4.69, 9.17) is 10.3 Å². The molecular weight excluding hydrogens is 345 g/mol. The minimum absolute atomic E-state index is 0.0700. The summed E-state index contributed by atoms with van der Waals surface area (Å²) in [6, 6.07) is 0. The fraction of sp³-hybridized carbons (Fsp3) is 0.667. The number of carbonyl (C=O) groups excluding carboxylic acids is 1. The highest BCUT2D eigenvalue weighted by Crippen LogP contribution is 2.19. The van der Waals surface area contributed by atoms with Crippen LogP contribution in [0.25, 0.3) is 0 Å². The molecular formula is C12H20IN3O2. The first-order valence-electron chi connectivity index (χ1n) is 5.96. The van der Waals surface area contributed by atoms with Crippen molar-refractivity contribution < 1.29 is 9.32 Å². The third kappa shape index (κ3) is 3.44. The molecule has 1 amide bonds. The van der Waals surface area contributed by atoms with E-state index in [0.717, 1.165) is 17.7 Å². The SMILES string of the molecule is CCC(C)(CN)CNC(=O)c1noc(CI)c1C. The lowest BCUT2D eigenvalue weighted by Crippen LogP contribution is -2.40. The van der Waals surface area contributed by atoms with E-state index in [1.165, 1.54) is 0 Å². The van der Waals surface area contributed by atoms with Crippen molar-refractivity contribution in [3.63, 3.8) is 0 Å². The van der Waals surface area contributed by atoms with E-state index in [9.17, 15) is 4.79 Å². The van der Waals surface area contributed by atoms with Gasteiger partial charge in [0.25, 0.3) is 5.91 Å². The molecule has 1 heterocycles. The number of hydrogen-bond acceptors (Lipinski definition) is 4. The second-order valence-corrected chi connectivity index (χ2v) is 5.53. The standard InChI is InChI=1S/C12H20IN3O2/c1-4-12(3,6-14)7-15-11(17)10-8(2)9(5-13)18-16-10/h4-7,14H2,1-3H3,(H,15,17). The molecule has 1 unspecified atom stereocenters. The Bertz CT molecular complexity index is 413. The van der Waals surface area contributed by atoms with Crippen LogP contribution in [0.5, 0.6) is 0 Å². The second kappa shape index (κ2) is 6.51. The highest BCUT2D eigenvalue weighted by molar-refractivity contribution is 14.1. The monoisotopic (exact) mass is 365 g/mol. The first-order valence-corrected chi connectivity index (χ1v) is 7.49. The number of halogens is 1. The summed E-state index contributed by atoms with van der Waals surface area (Å²) in [5.74, 6) is 0.554. The average molecular weight is 365 g/mol. The van der Waals surface area contributed by atoms with Crippen molar-refractivity contribution in [1.29, 1.82) is 0 Å². The van der Waals surface area contributed by atoms with E-state index in [0.29, 0.717) is 23.2 Å². The van der Waals surface area contributed by atoms with Gasteiger partial charge < -0.3 is 15.6 Å². The van der Waals surface area contributed by atoms with Gasteiger partial charge in [-0.3, -0.25) is 4.79 Å². The van der Waals surface area contributed by atoms with Gasteiger partial charge in [-0.15, -0.1) is 0 Å². The van der Waals surface area contributed by atoms with E-state index in [1.807, 2.05) is 6.92 Å². The molecule has 6 heteroatoms. The van der Waals surface area contributed by atoms with Crippen LogP contribution in [0.4, 0.5) is 0 Å². The zero-order valence-corrected chi connectivity index (χ0v) is 13.2. The third-order valence-corrected chi connectivity index (χ3v) is 4.07. The zero-order valence-electron chi connectivity index (χ0n) is 11.0. The van der Waals surface area contributed by atoms with Crippen molar-refractivity contribution >= 4 is 28.5 Å². The summed E-state index contributed by atoms with van der Waals surface area (Å²) in [5, 5.41) is 6.69. The van der Waals surface area contributed by atoms with Crippen LogP contribution in [-0.4, -0.2) is 24.2 Å². The summed E-state index contributed by atoms with van der Waals surface area (Å²) < 4.78 is 5.81. The Morgan fingerprint density at radius 2 is 2.28 bits per heavy atom. The maximum atomic E-state index is 12.0. The summed E-state index contributed by atoms with van der Waals surface area (Å²) in [5.41, 5.74) is 6.83. The zero-order chi connectivity index (χ0) is 13.8. The lowest BCUT2D eigenvalue weighted by Gasteiger charge is -2.26. The van der Waals surface area contributed by atoms with Crippen molar-refractivity contribution in [3.05, 3.63) is 17.0 Å². The first kappa shape index (κ1) is 15.4. The van der Waals surface area contributed by atoms with Crippen LogP contribution in [0.2, 0.25) is 0 Å². The molecule has 1 atom stereocenters. The van der Waals surface area contributed by atoms with E-state index < -0.39 is 0 Å². The Kier molecular flexibility index (Phi) is 5.58. The number of nitrogens with zero attached hydrogens (tertiary/aromatic N) is 1. The van der Waals surface area contributed by atoms with Gasteiger partial charge in [-0.25, -0.2) is 0 Å². The van der Waals surface area contributed by atoms with E-state index in [2.05, 4.69) is 46.9 Å². The van der Waals surface area contributed by atoms with Gasteiger partial charge in [-0.2, -0.15) is 0 Å². The van der Waals surface area contributed by atoms with Crippen LogP contribution in [0.15, 0.2) is 4.52 Å². The fourth-order valence-electron chi connectivity index (χ4n) is 1.42. The van der Waals surface area contributed by atoms with Gasteiger partial charge >= 0.3 is 0 Å². The fourth-order valence-corrected chi connectivity index (χ4v) is 2.14. The van der Waals surface area contributed by atoms with Gasteiger partial charge in [-0.1, -0.05) is 41.6 Å². The molecule has 0 aliphatic heterocycles. The predicted molar refractivity (Wildman–Crippen MR) is 78.7 cm³/mol. The Labute approximate surface area is 121 Å². The van der Waals surface area contributed by atoms with Crippen molar-refractivity contribution in [1.82, 2.24) is 10.5 Å². The van der Waals surface area contributed by atoms with Crippen LogP contribution in [0.3, 0.4) is 0 Å². The summed E-state index contributed by atoms with van der Waals surface area (Å²) >= 11 is 2.18. The number of nitrogens with one attached hydrogen (secondary N) is 1. The Balaban J connectivity index is 2.68. The Hall–Kier alpha value is -0.630. The molecule has 0 bridgehead atoms. The van der Waals surface area contributed by atoms with Crippen molar-refractivity contribution in [2.24, 2.45) is 11.1 Å². The first-order chi connectivity index (χ1) is 8.47. The quantitative estimate of drug-likeness (QED) is 0.597. The maximum Gasteiger partial charge on any atom is 0.273 e. The number of alkyl halides is 1. The largest absolute Gasteiger partial charge is 0.359 e. The van der Waals surface area contributed by atoms with Gasteiger partial charge in [0.1, 0.15) is 5.76 Å². The normalized spacial score (nSPS) is 14.3. The molecule has 1 rings (SSSR count). The number of hydrogen-bond donors (Lipinski definition) is 2. The van der Waals surface area contributed by atoms with Crippen molar-refractivity contribution in [2.75, 3.05) is 13.1 Å². The summed E-state index contributed by atoms with van der Waals surface area (Å²) in [6.07, 6.45) is 0.917. The molecule has 102 valence electrons. The van der Waals surface area contributed by atoms with Gasteiger partial charge in [-0.05, 0) is 25.3 Å². The molecule has 0 aliphatic carbocycles. The summed E-state index contributed by atoms with van der Waals surface area (Å²) in [6.45, 7) is 7.06. The molecule has 1 aromatic rings. The average Bonchev–Trinajstić information content (AvgIpc) is 2.76. The van der Waals surface area contributed by atoms with Crippen LogP contribution in [0.1, 0.15) is 42.1 Å². The van der Waals surface area contributed by atoms with E-state index >= 15 is 0 Å². The maximum absolute atomic E-state index is 12.0. The van der Waals surface area contributed by atoms with Crippen LogP contribution < -0.4 is 11.1 Å². The molecule has 0 fully saturated rings. The minimum atomic E-state index is -0.194. The lowest BCUT2D eigenvalue weighted by atomic mass is 9.88. The Morgan fingerprint density at radius 1 is 1.61 bits per heavy atom. The molecule has 5 nitrogen and oxygen atoms in total. The highest BCUT2D eigenvalue weighted by Gasteiger charge is 2.23. The topological polar surface area (TPSA) is 81.1 Å². The molecule has 0 saturated heterocycles. The van der Waals surface area contributed by atoms with Gasteiger partial charge in [0.2, 0.25) is 0 Å².